The van der Waals surface area contributed by atoms with Gasteiger partial charge in [0.1, 0.15) is 64.7 Å². The van der Waals surface area contributed by atoms with Crippen molar-refractivity contribution in [2.45, 2.75) is 94.5 Å². The van der Waals surface area contributed by atoms with Crippen LogP contribution in [-0.2, 0) is 52.8 Å². The Hall–Kier alpha value is -5.61. The number of nitrogens with zero attached hydrogens (tertiary/aromatic N) is 10. The molecule has 3 aliphatic heterocycles. The van der Waals surface area contributed by atoms with Gasteiger partial charge in [-0.05, 0) is 54.2 Å². The molecule has 9 rings (SSSR count). The summed E-state index contributed by atoms with van der Waals surface area (Å²) in [5.41, 5.74) is 1.49. The monoisotopic (exact) mass is 1100 g/mol. The Morgan fingerprint density at radius 3 is 2.01 bits per heavy atom. The maximum atomic E-state index is 17.4. The quantitative estimate of drug-likeness (QED) is 0.0464. The summed E-state index contributed by atoms with van der Waals surface area (Å²) in [6.07, 6.45) is -5.91. The first kappa shape index (κ1) is 54.2. The van der Waals surface area contributed by atoms with Crippen molar-refractivity contribution in [3.05, 3.63) is 109 Å². The van der Waals surface area contributed by atoms with Crippen LogP contribution in [0.2, 0.25) is 18.1 Å². The van der Waals surface area contributed by atoms with Gasteiger partial charge in [-0.3, -0.25) is 23.2 Å². The second kappa shape index (κ2) is 22.5. The minimum Gasteiger partial charge on any atom is -0.407 e. The molecule has 2 aromatic carbocycles. The zero-order valence-corrected chi connectivity index (χ0v) is 44.8. The van der Waals surface area contributed by atoms with Crippen molar-refractivity contribution in [1.29, 1.82) is 5.26 Å². The van der Waals surface area contributed by atoms with Crippen molar-refractivity contribution >= 4 is 88.0 Å². The summed E-state index contributed by atoms with van der Waals surface area (Å²) in [5.74, 6) is -0.689. The molecule has 23 nitrogen and oxygen atoms in total. The Morgan fingerprint density at radius 1 is 0.893 bits per heavy atom. The number of halogens is 1. The van der Waals surface area contributed by atoms with Crippen LogP contribution in [0.25, 0.3) is 27.2 Å². The molecule has 2 amide bonds. The van der Waals surface area contributed by atoms with Crippen LogP contribution in [0, 0.1) is 17.9 Å². The molecule has 29 heteroatoms. The molecule has 10 atom stereocenters. The molecule has 0 bridgehead atoms. The molecular weight excluding hydrogens is 1050 g/mol. The Balaban J connectivity index is 1.07. The molecule has 3 fully saturated rings. The zero-order chi connectivity index (χ0) is 53.1. The van der Waals surface area contributed by atoms with Gasteiger partial charge in [-0.25, -0.2) is 54.4 Å². The number of nitrogens with one attached hydrogen (secondary N) is 2. The minimum atomic E-state index is -4.17. The predicted octanol–water partition coefficient (Wildman–Crippen LogP) is 7.45. The number of hydrogen-bond donors (Lipinski definition) is 2. The number of ether oxygens (including phenoxy) is 2. The fourth-order valence-corrected chi connectivity index (χ4v) is 12.9. The highest BCUT2D eigenvalue weighted by atomic mass is 32.5. The molecule has 0 spiro atoms. The highest BCUT2D eigenvalue weighted by Gasteiger charge is 2.57. The van der Waals surface area contributed by atoms with Crippen LogP contribution in [0.4, 0.5) is 16.0 Å². The molecule has 4 aromatic heterocycles. The van der Waals surface area contributed by atoms with Gasteiger partial charge in [0.15, 0.2) is 67.0 Å². The number of nitriles is 1. The first-order valence-electron chi connectivity index (χ1n) is 23.5. The number of aromatic nitrogens is 8. The first-order chi connectivity index (χ1) is 35.9. The lowest BCUT2D eigenvalue weighted by Crippen LogP contribution is -2.49. The molecule has 4 unspecified atom stereocenters. The number of rotatable bonds is 14. The van der Waals surface area contributed by atoms with Crippen molar-refractivity contribution in [1.82, 2.24) is 39.0 Å². The third-order valence-electron chi connectivity index (χ3n) is 12.9. The summed E-state index contributed by atoms with van der Waals surface area (Å²) in [4.78, 5) is 56.4. The molecule has 6 aromatic rings. The Kier molecular flexibility index (Phi) is 16.3. The highest BCUT2D eigenvalue weighted by molar-refractivity contribution is 8.07. The van der Waals surface area contributed by atoms with E-state index in [4.69, 9.17) is 67.0 Å². The van der Waals surface area contributed by atoms with Crippen molar-refractivity contribution < 1.29 is 55.0 Å². The first-order valence-corrected chi connectivity index (χ1v) is 30.6. The number of carbonyl (C=O) groups is 2. The van der Waals surface area contributed by atoms with Crippen LogP contribution in [0.15, 0.2) is 86.0 Å². The predicted molar refractivity (Wildman–Crippen MR) is 276 cm³/mol. The summed E-state index contributed by atoms with van der Waals surface area (Å²) in [5, 5.41) is 14.7. The molecule has 3 aliphatic rings. The fraction of sp³-hybridized carbons (Fsp3) is 0.435. The van der Waals surface area contributed by atoms with Gasteiger partial charge in [-0.2, -0.15) is 12.8 Å². The van der Waals surface area contributed by atoms with Crippen LogP contribution in [0.5, 0.6) is 0 Å². The van der Waals surface area contributed by atoms with E-state index in [1.807, 2.05) is 19.2 Å². The topological polar surface area (TPSA) is 257 Å². The maximum absolute atomic E-state index is 17.4. The second-order valence-corrected chi connectivity index (χ2v) is 28.4. The second-order valence-electron chi connectivity index (χ2n) is 18.8. The molecule has 7 heterocycles. The largest absolute Gasteiger partial charge is 0.407 e. The fourth-order valence-electron chi connectivity index (χ4n) is 8.09. The number of hydrogen-bond acceptors (Lipinski definition) is 19. The van der Waals surface area contributed by atoms with Crippen molar-refractivity contribution in [2.75, 3.05) is 43.6 Å². The number of fused-ring (bicyclic) bond motifs is 4. The van der Waals surface area contributed by atoms with Crippen molar-refractivity contribution in [3.8, 4) is 6.07 Å². The van der Waals surface area contributed by atoms with E-state index < -0.39 is 97.0 Å². The Labute approximate surface area is 438 Å². The lowest BCUT2D eigenvalue weighted by Gasteiger charge is -2.41. The molecule has 3 radical (unpaired) electrons. The van der Waals surface area contributed by atoms with E-state index in [-0.39, 0.29) is 65.2 Å². The van der Waals surface area contributed by atoms with Gasteiger partial charge in [0, 0.05) is 11.1 Å². The molecule has 0 aliphatic carbocycles. The molecule has 2 N–H and O–H groups in total. The third-order valence-corrected chi connectivity index (χ3v) is 21.3. The maximum Gasteiger partial charge on any atom is 0.327 e. The number of anilines is 2. The summed E-state index contributed by atoms with van der Waals surface area (Å²) in [6, 6.07) is 19.1. The van der Waals surface area contributed by atoms with Crippen LogP contribution >= 0.6 is 14.5 Å². The average molecular weight is 1100 g/mol. The van der Waals surface area contributed by atoms with Crippen molar-refractivity contribution in [3.63, 3.8) is 0 Å². The van der Waals surface area contributed by atoms with Crippen LogP contribution in [0.3, 0.4) is 0 Å². The van der Waals surface area contributed by atoms with Gasteiger partial charge in [0.2, 0.25) is 6.54 Å². The number of benzene rings is 2. The molecular formula is C46H51BFN12O11P2SSi. The Bertz CT molecular complexity index is 3170. The van der Waals surface area contributed by atoms with Gasteiger partial charge in [-0.1, -0.05) is 57.2 Å². The van der Waals surface area contributed by atoms with Gasteiger partial charge in [-0.15, -0.1) is 0 Å². The normalized spacial score (nSPS) is 27.3. The van der Waals surface area contributed by atoms with E-state index in [0.29, 0.717) is 11.1 Å². The van der Waals surface area contributed by atoms with E-state index in [0.717, 1.165) is 0 Å². The van der Waals surface area contributed by atoms with E-state index in [1.165, 1.54) is 29.9 Å². The summed E-state index contributed by atoms with van der Waals surface area (Å²) < 4.78 is 79.2. The van der Waals surface area contributed by atoms with Crippen molar-refractivity contribution in [2.24, 2.45) is 0 Å². The summed E-state index contributed by atoms with van der Waals surface area (Å²) in [6.45, 7) is 12.2. The van der Waals surface area contributed by atoms with Crippen LogP contribution in [-0.4, -0.2) is 136 Å². The Morgan fingerprint density at radius 2 is 1.45 bits per heavy atom. The zero-order valence-electron chi connectivity index (χ0n) is 41.2. The summed E-state index contributed by atoms with van der Waals surface area (Å²) in [7, 11) is -0.0540. The van der Waals surface area contributed by atoms with E-state index in [2.05, 4.69) is 66.2 Å². The molecule has 391 valence electrons. The van der Waals surface area contributed by atoms with Crippen LogP contribution in [0.1, 0.15) is 60.4 Å². The van der Waals surface area contributed by atoms with Gasteiger partial charge in [0.25, 0.3) is 11.8 Å². The van der Waals surface area contributed by atoms with Gasteiger partial charge in [0.05, 0.1) is 31.8 Å². The number of carbonyl (C=O) groups excluding carboxylic acids is 2. The average Bonchev–Trinajstić information content (AvgIpc) is 4.17. The number of imidazole rings is 2. The summed E-state index contributed by atoms with van der Waals surface area (Å²) >= 11 is 6.15. The number of alkyl halides is 1. The molecule has 0 saturated carbocycles. The van der Waals surface area contributed by atoms with E-state index in [9.17, 15) is 14.9 Å². The minimum absolute atomic E-state index is 0.0603. The molecule has 75 heavy (non-hydrogen) atoms. The van der Waals surface area contributed by atoms with Gasteiger partial charge >= 0.3 is 6.72 Å². The third kappa shape index (κ3) is 11.7. The van der Waals surface area contributed by atoms with E-state index >= 15 is 4.39 Å². The lowest BCUT2D eigenvalue weighted by molar-refractivity contribution is -0.0621. The standard InChI is InChI=1S/C46H50BFN12O11P2SSi/c1-46(2,3)75(5,6)71-37-36-31(68-45(37)60-27-56-34-39(52-25-54-41(34)60)58-43(62)29-16-11-8-12-17-29)22-65-72(47,63-20-13-18-49)69-35-30(23-66-73(74,70-36)64-21-19-50-4)67-44(32(35)48)59-26-55-33-38(51-24-53-40(33)59)57-42(61)28-14-9-7-10-15-28/h7-12,14-17,24-27,30-32,35-37,44-45H,13,19-23H2,1-3,5-6H3,(H-,51,52,53,54,57,58,61,62)/q-1/p+1/t30-,31-,32+,35?,36+,37?,44-,45-,72?,73?/m1/s1. The smallest absolute Gasteiger partial charge is 0.327 e. The SMILES string of the molecule is [B-][P+]1(OCCC#N)OC[C@H]2O[C@@H](n3cnc4c(NC(=O)c5ccccc5)ncnc43)C(O[Si](C)(C)C(C)(C)C)[C@H]2OP(=S)(OCC[N+]#[C-])OC[C@H]2O[C@@H](n3cnc4c(NC(=O)c5ccccc5)ncnc43)[C@@H](F)C2O1. The van der Waals surface area contributed by atoms with Crippen LogP contribution < -0.4 is 10.6 Å². The van der Waals surface area contributed by atoms with Gasteiger partial charge < -0.3 is 38.4 Å². The molecule has 3 saturated heterocycles. The highest BCUT2D eigenvalue weighted by Crippen LogP contribution is 2.63. The lowest BCUT2D eigenvalue weighted by atomic mass is 10.1. The number of amides is 2. The van der Waals surface area contributed by atoms with E-state index in [1.54, 1.807) is 65.2 Å².